The van der Waals surface area contributed by atoms with Gasteiger partial charge in [-0.1, -0.05) is 0 Å². The molecule has 0 saturated heterocycles. The number of rotatable bonds is 2. The Morgan fingerprint density at radius 2 is 2.23 bits per heavy atom. The average molecular weight is 202 g/mol. The van der Waals surface area contributed by atoms with Gasteiger partial charge in [0.1, 0.15) is 0 Å². The molecule has 5 heteroatoms. The van der Waals surface area contributed by atoms with Gasteiger partial charge in [0.15, 0.2) is 11.6 Å². The highest BCUT2D eigenvalue weighted by Crippen LogP contribution is 2.24. The molecule has 0 aliphatic carbocycles. The molecule has 70 valence electrons. The molecule has 1 N–H and O–H groups in total. The Hall–Kier alpha value is -1.23. The van der Waals surface area contributed by atoms with Crippen LogP contribution in [0.15, 0.2) is 17.0 Å². The summed E-state index contributed by atoms with van der Waals surface area (Å²) >= 11 is 3.82. The quantitative estimate of drug-likeness (QED) is 0.719. The van der Waals surface area contributed by atoms with E-state index < -0.39 is 11.8 Å². The van der Waals surface area contributed by atoms with Crippen molar-refractivity contribution in [1.29, 1.82) is 0 Å². The summed E-state index contributed by atoms with van der Waals surface area (Å²) < 4.78 is 17.5. The van der Waals surface area contributed by atoms with Crippen LogP contribution in [0.25, 0.3) is 0 Å². The van der Waals surface area contributed by atoms with Gasteiger partial charge in [0.05, 0.1) is 12.7 Å². The Morgan fingerprint density at radius 3 is 2.69 bits per heavy atom. The maximum Gasteiger partial charge on any atom is 0.336 e. The monoisotopic (exact) mass is 202 g/mol. The molecule has 0 aromatic heterocycles. The first kappa shape index (κ1) is 9.85. The Morgan fingerprint density at radius 1 is 1.62 bits per heavy atom. The Bertz CT molecular complexity index is 351. The largest absolute Gasteiger partial charge is 0.494 e. The summed E-state index contributed by atoms with van der Waals surface area (Å²) in [6.07, 6.45) is 0. The van der Waals surface area contributed by atoms with Gasteiger partial charge in [-0.25, -0.2) is 9.18 Å². The molecule has 0 radical (unpaired) electrons. The smallest absolute Gasteiger partial charge is 0.336 e. The van der Waals surface area contributed by atoms with Gasteiger partial charge in [-0.2, -0.15) is 0 Å². The molecule has 3 nitrogen and oxygen atoms in total. The second-order valence-corrected chi connectivity index (χ2v) is 2.79. The predicted molar refractivity (Wildman–Crippen MR) is 47.2 cm³/mol. The highest BCUT2D eigenvalue weighted by atomic mass is 32.1. The van der Waals surface area contributed by atoms with Crippen LogP contribution in [0, 0.1) is 5.82 Å². The second kappa shape index (κ2) is 3.66. The molecule has 0 atom stereocenters. The van der Waals surface area contributed by atoms with Crippen LogP contribution < -0.4 is 4.74 Å². The summed E-state index contributed by atoms with van der Waals surface area (Å²) in [4.78, 5) is 10.6. The van der Waals surface area contributed by atoms with Crippen molar-refractivity contribution in [3.63, 3.8) is 0 Å². The predicted octanol–water partition coefficient (Wildman–Crippen LogP) is 1.82. The van der Waals surface area contributed by atoms with Crippen molar-refractivity contribution < 1.29 is 19.0 Å². The third-order valence-electron chi connectivity index (χ3n) is 1.50. The minimum Gasteiger partial charge on any atom is -0.494 e. The molecule has 13 heavy (non-hydrogen) atoms. The molecule has 0 heterocycles. The van der Waals surface area contributed by atoms with Crippen LogP contribution >= 0.6 is 12.6 Å². The number of hydrogen-bond donors (Lipinski definition) is 2. The third-order valence-corrected chi connectivity index (χ3v) is 1.87. The Balaban J connectivity index is 3.30. The van der Waals surface area contributed by atoms with Crippen LogP contribution in [0.1, 0.15) is 10.4 Å². The lowest BCUT2D eigenvalue weighted by Crippen LogP contribution is -2.00. The van der Waals surface area contributed by atoms with Gasteiger partial charge in [-0.05, 0) is 12.1 Å². The van der Waals surface area contributed by atoms with Gasteiger partial charge in [-0.3, -0.25) is 0 Å². The highest BCUT2D eigenvalue weighted by molar-refractivity contribution is 7.80. The molecule has 1 aromatic rings. The minimum absolute atomic E-state index is 0.0748. The first-order valence-electron chi connectivity index (χ1n) is 3.36. The van der Waals surface area contributed by atoms with E-state index in [2.05, 4.69) is 17.4 Å². The fourth-order valence-corrected chi connectivity index (χ4v) is 1.14. The van der Waals surface area contributed by atoms with Gasteiger partial charge in [0.25, 0.3) is 0 Å². The number of halogens is 1. The second-order valence-electron chi connectivity index (χ2n) is 2.31. The minimum atomic E-state index is -1.16. The van der Waals surface area contributed by atoms with E-state index >= 15 is 0 Å². The standard InChI is InChI=1S/C8H7FO3S/c1-12-6-2-4(8(10)11)7(13)3-5(6)9/h2-3,13H,1H3,(H,10,11). The van der Waals surface area contributed by atoms with Crippen LogP contribution in [0.5, 0.6) is 5.75 Å². The lowest BCUT2D eigenvalue weighted by Gasteiger charge is -2.04. The summed E-state index contributed by atoms with van der Waals surface area (Å²) in [5, 5.41) is 8.65. The molecule has 0 fully saturated rings. The molecule has 1 aromatic carbocycles. The van der Waals surface area contributed by atoms with E-state index in [1.807, 2.05) is 0 Å². The number of benzene rings is 1. The molecule has 0 aliphatic rings. The topological polar surface area (TPSA) is 46.5 Å². The first-order chi connectivity index (χ1) is 6.06. The van der Waals surface area contributed by atoms with Crippen LogP contribution in [0.4, 0.5) is 4.39 Å². The zero-order valence-corrected chi connectivity index (χ0v) is 7.64. The van der Waals surface area contributed by atoms with E-state index in [4.69, 9.17) is 5.11 Å². The van der Waals surface area contributed by atoms with E-state index in [0.717, 1.165) is 12.1 Å². The van der Waals surface area contributed by atoms with Crippen molar-refractivity contribution in [2.45, 2.75) is 4.90 Å². The number of ether oxygens (including phenoxy) is 1. The molecule has 0 bridgehead atoms. The number of carboxylic acid groups (broad SMARTS) is 1. The van der Waals surface area contributed by atoms with E-state index in [9.17, 15) is 9.18 Å². The number of carboxylic acids is 1. The van der Waals surface area contributed by atoms with Crippen molar-refractivity contribution in [3.8, 4) is 5.75 Å². The maximum absolute atomic E-state index is 12.9. The molecule has 0 unspecified atom stereocenters. The lowest BCUT2D eigenvalue weighted by atomic mass is 10.2. The normalized spacial score (nSPS) is 9.77. The van der Waals surface area contributed by atoms with Crippen molar-refractivity contribution in [2.24, 2.45) is 0 Å². The van der Waals surface area contributed by atoms with Crippen molar-refractivity contribution in [2.75, 3.05) is 7.11 Å². The van der Waals surface area contributed by atoms with Crippen LogP contribution in [-0.4, -0.2) is 18.2 Å². The summed E-state index contributed by atoms with van der Waals surface area (Å²) in [6, 6.07) is 2.10. The molecular weight excluding hydrogens is 195 g/mol. The fourth-order valence-electron chi connectivity index (χ4n) is 0.871. The maximum atomic E-state index is 12.9. The average Bonchev–Trinajstić information content (AvgIpc) is 2.03. The molecule has 0 amide bonds. The number of hydrogen-bond acceptors (Lipinski definition) is 3. The highest BCUT2D eigenvalue weighted by Gasteiger charge is 2.12. The number of methoxy groups -OCH3 is 1. The third kappa shape index (κ3) is 1.92. The van der Waals surface area contributed by atoms with E-state index in [1.165, 1.54) is 7.11 Å². The van der Waals surface area contributed by atoms with Crippen LogP contribution in [0.2, 0.25) is 0 Å². The molecule has 0 aliphatic heterocycles. The number of aromatic carboxylic acids is 1. The van der Waals surface area contributed by atoms with Crippen molar-refractivity contribution in [1.82, 2.24) is 0 Å². The van der Waals surface area contributed by atoms with Crippen molar-refractivity contribution >= 4 is 18.6 Å². The Labute approximate surface area is 79.6 Å². The van der Waals surface area contributed by atoms with E-state index in [-0.39, 0.29) is 16.2 Å². The summed E-state index contributed by atoms with van der Waals surface area (Å²) in [6.45, 7) is 0. The summed E-state index contributed by atoms with van der Waals surface area (Å²) in [5.74, 6) is -1.89. The summed E-state index contributed by atoms with van der Waals surface area (Å²) in [7, 11) is 1.27. The van der Waals surface area contributed by atoms with Gasteiger partial charge in [0, 0.05) is 4.90 Å². The SMILES string of the molecule is COc1cc(C(=O)O)c(S)cc1F. The molecule has 0 saturated carbocycles. The molecular formula is C8H7FO3S. The lowest BCUT2D eigenvalue weighted by molar-refractivity contribution is 0.0692. The molecule has 1 rings (SSSR count). The van der Waals surface area contributed by atoms with E-state index in [0.29, 0.717) is 0 Å². The van der Waals surface area contributed by atoms with Gasteiger partial charge in [0.2, 0.25) is 0 Å². The number of carbonyl (C=O) groups is 1. The van der Waals surface area contributed by atoms with Gasteiger partial charge in [-0.15, -0.1) is 12.6 Å². The Kier molecular flexibility index (Phi) is 2.77. The fraction of sp³-hybridized carbons (Fsp3) is 0.125. The van der Waals surface area contributed by atoms with Crippen LogP contribution in [-0.2, 0) is 0 Å². The van der Waals surface area contributed by atoms with Crippen LogP contribution in [0.3, 0.4) is 0 Å². The zero-order valence-electron chi connectivity index (χ0n) is 6.74. The van der Waals surface area contributed by atoms with Crippen molar-refractivity contribution in [3.05, 3.63) is 23.5 Å². The zero-order chi connectivity index (χ0) is 10.0. The summed E-state index contributed by atoms with van der Waals surface area (Å²) in [5.41, 5.74) is -0.0819. The van der Waals surface area contributed by atoms with Gasteiger partial charge >= 0.3 is 5.97 Å². The van der Waals surface area contributed by atoms with E-state index in [1.54, 1.807) is 0 Å². The first-order valence-corrected chi connectivity index (χ1v) is 3.80. The number of thiol groups is 1. The molecule has 0 spiro atoms. The van der Waals surface area contributed by atoms with Gasteiger partial charge < -0.3 is 9.84 Å².